The van der Waals surface area contributed by atoms with Gasteiger partial charge in [-0.1, -0.05) is 24.3 Å². The van der Waals surface area contributed by atoms with Gasteiger partial charge in [-0.2, -0.15) is 10.1 Å². The molecule has 30 heavy (non-hydrogen) atoms. The molecule has 154 valence electrons. The van der Waals surface area contributed by atoms with Gasteiger partial charge in [0.2, 0.25) is 5.95 Å². The van der Waals surface area contributed by atoms with Gasteiger partial charge in [0.05, 0.1) is 25.0 Å². The Morgan fingerprint density at radius 2 is 1.97 bits per heavy atom. The number of aromatic nitrogens is 3. The maximum absolute atomic E-state index is 13.4. The highest BCUT2D eigenvalue weighted by Gasteiger charge is 2.33. The molecule has 0 fully saturated rings. The Morgan fingerprint density at radius 3 is 2.70 bits per heavy atom. The normalized spacial score (nSPS) is 15.2. The molecule has 1 aromatic heterocycles. The van der Waals surface area contributed by atoms with Gasteiger partial charge in [0.1, 0.15) is 23.9 Å². The minimum absolute atomic E-state index is 0.246. The van der Waals surface area contributed by atoms with Crippen molar-refractivity contribution in [3.63, 3.8) is 0 Å². The summed E-state index contributed by atoms with van der Waals surface area (Å²) in [6.07, 6.45) is 1.47. The maximum Gasteiger partial charge on any atom is 0.255 e. The molecular weight excluding hydrogens is 382 g/mol. The molecule has 4 rings (SSSR count). The van der Waals surface area contributed by atoms with E-state index in [1.807, 2.05) is 50.2 Å². The van der Waals surface area contributed by atoms with E-state index in [2.05, 4.69) is 20.7 Å². The molecule has 1 atom stereocenters. The number of para-hydroxylation sites is 2. The Hall–Kier alpha value is -3.81. The molecule has 0 radical (unpaired) electrons. The summed E-state index contributed by atoms with van der Waals surface area (Å²) in [5.74, 6) is 1.70. The van der Waals surface area contributed by atoms with Crippen molar-refractivity contribution in [2.45, 2.75) is 19.9 Å². The molecule has 1 aliphatic heterocycles. The molecule has 3 aromatic rings. The first-order valence-electron chi connectivity index (χ1n) is 9.66. The number of amides is 1. The van der Waals surface area contributed by atoms with E-state index in [-0.39, 0.29) is 5.91 Å². The van der Waals surface area contributed by atoms with Gasteiger partial charge in [0.25, 0.3) is 5.91 Å². The van der Waals surface area contributed by atoms with Crippen LogP contribution in [-0.2, 0) is 4.79 Å². The summed E-state index contributed by atoms with van der Waals surface area (Å²) in [5, 5.41) is 10.5. The van der Waals surface area contributed by atoms with E-state index in [1.54, 1.807) is 23.9 Å². The number of allylic oxidation sites excluding steroid dienone is 1. The van der Waals surface area contributed by atoms with E-state index < -0.39 is 6.04 Å². The molecule has 2 heterocycles. The lowest BCUT2D eigenvalue weighted by atomic mass is 9.95. The fourth-order valence-corrected chi connectivity index (χ4v) is 3.54. The molecule has 0 unspecified atom stereocenters. The number of nitrogens with zero attached hydrogens (tertiary/aromatic N) is 3. The smallest absolute Gasteiger partial charge is 0.255 e. The molecule has 2 N–H and O–H groups in total. The van der Waals surface area contributed by atoms with Crippen molar-refractivity contribution < 1.29 is 14.3 Å². The molecular formula is C22H23N5O3. The molecule has 1 amide bonds. The van der Waals surface area contributed by atoms with E-state index in [9.17, 15) is 4.79 Å². The second-order valence-electron chi connectivity index (χ2n) is 6.75. The number of methoxy groups -OCH3 is 1. The number of fused-ring (bicyclic) bond motifs is 1. The first kappa shape index (κ1) is 19.5. The zero-order chi connectivity index (χ0) is 21.1. The number of hydrogen-bond donors (Lipinski definition) is 2. The maximum atomic E-state index is 13.4. The average molecular weight is 405 g/mol. The van der Waals surface area contributed by atoms with Crippen LogP contribution in [-0.4, -0.2) is 34.4 Å². The fraction of sp³-hybridized carbons (Fsp3) is 0.227. The highest BCUT2D eigenvalue weighted by Crippen LogP contribution is 2.36. The Bertz CT molecular complexity index is 1090. The van der Waals surface area contributed by atoms with Crippen molar-refractivity contribution in [3.8, 4) is 11.5 Å². The number of benzene rings is 2. The van der Waals surface area contributed by atoms with Crippen LogP contribution in [0, 0.1) is 0 Å². The van der Waals surface area contributed by atoms with E-state index in [0.717, 1.165) is 11.3 Å². The minimum Gasteiger partial charge on any atom is -0.495 e. The van der Waals surface area contributed by atoms with Crippen LogP contribution in [0.1, 0.15) is 25.5 Å². The molecule has 0 bridgehead atoms. The molecule has 0 saturated heterocycles. The van der Waals surface area contributed by atoms with Gasteiger partial charge < -0.3 is 20.1 Å². The minimum atomic E-state index is -0.436. The Morgan fingerprint density at radius 1 is 1.20 bits per heavy atom. The number of carbonyl (C=O) groups excluding carboxylic acids is 1. The zero-order valence-electron chi connectivity index (χ0n) is 17.0. The average Bonchev–Trinajstić information content (AvgIpc) is 3.22. The molecule has 0 saturated carbocycles. The van der Waals surface area contributed by atoms with Crippen LogP contribution in [0.4, 0.5) is 11.6 Å². The molecule has 0 spiro atoms. The number of nitrogens with one attached hydrogen (secondary N) is 2. The summed E-state index contributed by atoms with van der Waals surface area (Å²) in [4.78, 5) is 17.6. The number of carbonyl (C=O) groups is 1. The van der Waals surface area contributed by atoms with E-state index >= 15 is 0 Å². The molecule has 8 heteroatoms. The third kappa shape index (κ3) is 3.59. The predicted octanol–water partition coefficient (Wildman–Crippen LogP) is 3.61. The molecule has 0 aliphatic carbocycles. The van der Waals surface area contributed by atoms with E-state index in [4.69, 9.17) is 9.47 Å². The van der Waals surface area contributed by atoms with Crippen molar-refractivity contribution in [3.05, 3.63) is 71.7 Å². The van der Waals surface area contributed by atoms with E-state index in [0.29, 0.717) is 35.3 Å². The second-order valence-corrected chi connectivity index (χ2v) is 6.75. The fourth-order valence-electron chi connectivity index (χ4n) is 3.54. The van der Waals surface area contributed by atoms with Crippen molar-refractivity contribution >= 4 is 17.5 Å². The van der Waals surface area contributed by atoms with Crippen LogP contribution < -0.4 is 20.1 Å². The third-order valence-electron chi connectivity index (χ3n) is 4.90. The van der Waals surface area contributed by atoms with Crippen LogP contribution in [0.25, 0.3) is 0 Å². The van der Waals surface area contributed by atoms with Crippen molar-refractivity contribution in [1.29, 1.82) is 0 Å². The van der Waals surface area contributed by atoms with E-state index in [1.165, 1.54) is 6.33 Å². The van der Waals surface area contributed by atoms with Crippen LogP contribution in [0.15, 0.2) is 66.1 Å². The van der Waals surface area contributed by atoms with Gasteiger partial charge in [0, 0.05) is 5.70 Å². The quantitative estimate of drug-likeness (QED) is 0.651. The van der Waals surface area contributed by atoms with Gasteiger partial charge in [-0.15, -0.1) is 0 Å². The van der Waals surface area contributed by atoms with Gasteiger partial charge in [-0.05, 0) is 43.7 Å². The van der Waals surface area contributed by atoms with Crippen LogP contribution >= 0.6 is 0 Å². The largest absolute Gasteiger partial charge is 0.495 e. The van der Waals surface area contributed by atoms with Crippen molar-refractivity contribution in [1.82, 2.24) is 14.8 Å². The van der Waals surface area contributed by atoms with Gasteiger partial charge in [-0.3, -0.25) is 4.79 Å². The second kappa shape index (κ2) is 8.28. The summed E-state index contributed by atoms with van der Waals surface area (Å²) in [7, 11) is 1.57. The van der Waals surface area contributed by atoms with Gasteiger partial charge in [-0.25, -0.2) is 4.68 Å². The lowest BCUT2D eigenvalue weighted by Crippen LogP contribution is -2.31. The monoisotopic (exact) mass is 405 g/mol. The Kier molecular flexibility index (Phi) is 5.38. The zero-order valence-corrected chi connectivity index (χ0v) is 17.0. The summed E-state index contributed by atoms with van der Waals surface area (Å²) in [6.45, 7) is 4.39. The molecule has 2 aromatic carbocycles. The predicted molar refractivity (Wildman–Crippen MR) is 114 cm³/mol. The highest BCUT2D eigenvalue weighted by atomic mass is 16.5. The lowest BCUT2D eigenvalue weighted by molar-refractivity contribution is -0.113. The summed E-state index contributed by atoms with van der Waals surface area (Å²) in [6, 6.07) is 14.5. The summed E-state index contributed by atoms with van der Waals surface area (Å²) < 4.78 is 12.6. The topological polar surface area (TPSA) is 90.3 Å². The molecule has 8 nitrogen and oxygen atoms in total. The SMILES string of the molecule is CCOc1ccc([C@H]2C(C(=O)Nc3ccccc3OC)=C(C)Nc3ncnn32)cc1. The standard InChI is InChI=1S/C22H23N5O3/c1-4-30-16-11-9-15(10-12-16)20-19(14(2)25-22-23-13-24-27(20)22)21(28)26-17-7-5-6-8-18(17)29-3/h5-13,20H,4H2,1-3H3,(H,26,28)(H,23,24,25)/t20-/m0/s1. The number of ether oxygens (including phenoxy) is 2. The first-order valence-corrected chi connectivity index (χ1v) is 9.66. The van der Waals surface area contributed by atoms with Gasteiger partial charge >= 0.3 is 0 Å². The highest BCUT2D eigenvalue weighted by molar-refractivity contribution is 6.06. The lowest BCUT2D eigenvalue weighted by Gasteiger charge is -2.29. The van der Waals surface area contributed by atoms with Crippen LogP contribution in [0.2, 0.25) is 0 Å². The van der Waals surface area contributed by atoms with Crippen LogP contribution in [0.3, 0.4) is 0 Å². The summed E-state index contributed by atoms with van der Waals surface area (Å²) >= 11 is 0. The molecule has 1 aliphatic rings. The van der Waals surface area contributed by atoms with Gasteiger partial charge in [0.15, 0.2) is 0 Å². The summed E-state index contributed by atoms with van der Waals surface area (Å²) in [5.41, 5.74) is 2.75. The Balaban J connectivity index is 1.73. The number of hydrogen-bond acceptors (Lipinski definition) is 6. The van der Waals surface area contributed by atoms with Crippen LogP contribution in [0.5, 0.6) is 11.5 Å². The first-order chi connectivity index (χ1) is 14.6. The Labute approximate surface area is 174 Å². The third-order valence-corrected chi connectivity index (χ3v) is 4.90. The van der Waals surface area contributed by atoms with Crippen molar-refractivity contribution in [2.75, 3.05) is 24.4 Å². The number of rotatable bonds is 6. The van der Waals surface area contributed by atoms with Crippen molar-refractivity contribution in [2.24, 2.45) is 0 Å². The number of anilines is 2.